The lowest BCUT2D eigenvalue weighted by atomic mass is 9.94. The van der Waals surface area contributed by atoms with Crippen molar-refractivity contribution in [1.82, 2.24) is 0 Å². The smallest absolute Gasteiger partial charge is 0.294 e. The summed E-state index contributed by atoms with van der Waals surface area (Å²) < 4.78 is 25.5. The number of para-hydroxylation sites is 2. The largest absolute Gasteiger partial charge is 0.503 e. The van der Waals surface area contributed by atoms with Gasteiger partial charge < -0.3 is 14.3 Å². The lowest BCUT2D eigenvalue weighted by molar-refractivity contribution is -0.117. The Bertz CT molecular complexity index is 1670. The molecule has 4 aromatic carbocycles. The molecule has 1 aliphatic heterocycles. The van der Waals surface area contributed by atoms with Gasteiger partial charge in [0.2, 0.25) is 5.78 Å². The van der Waals surface area contributed by atoms with E-state index in [0.717, 1.165) is 0 Å². The Hall–Kier alpha value is -5.17. The van der Waals surface area contributed by atoms with Crippen LogP contribution in [-0.4, -0.2) is 16.8 Å². The first-order chi connectivity index (χ1) is 18.5. The molecule has 1 unspecified atom stereocenters. The summed E-state index contributed by atoms with van der Waals surface area (Å²) in [4.78, 5) is 28.4. The third kappa shape index (κ3) is 4.10. The highest BCUT2D eigenvalue weighted by atomic mass is 19.1. The maximum atomic E-state index is 13.8. The molecule has 0 fully saturated rings. The molecule has 1 N–H and O–H groups in total. The fraction of sp³-hybridized carbons (Fsp3) is 0.0323. The second-order valence-electron chi connectivity index (χ2n) is 8.78. The first kappa shape index (κ1) is 23.2. The van der Waals surface area contributed by atoms with Gasteiger partial charge >= 0.3 is 0 Å². The van der Waals surface area contributed by atoms with Crippen LogP contribution in [0.15, 0.2) is 125 Å². The summed E-state index contributed by atoms with van der Waals surface area (Å²) in [5.41, 5.74) is 1.19. The molecule has 0 radical (unpaired) electrons. The van der Waals surface area contributed by atoms with Crippen molar-refractivity contribution in [3.05, 3.63) is 138 Å². The Morgan fingerprint density at radius 3 is 2.32 bits per heavy atom. The van der Waals surface area contributed by atoms with E-state index in [2.05, 4.69) is 0 Å². The SMILES string of the molecule is O=C(C1=C(O)C(=O)N(c2ccc(F)cc2)C1c1cccc(Oc2ccccc2)c1)c1cc2ccccc2o1. The molecule has 5 aromatic rings. The number of aliphatic hydroxyl groups is 1. The van der Waals surface area contributed by atoms with Crippen molar-refractivity contribution in [2.24, 2.45) is 0 Å². The number of furan rings is 1. The van der Waals surface area contributed by atoms with Gasteiger partial charge in [-0.05, 0) is 66.2 Å². The fourth-order valence-corrected chi connectivity index (χ4v) is 4.62. The van der Waals surface area contributed by atoms with Gasteiger partial charge in [-0.3, -0.25) is 14.5 Å². The van der Waals surface area contributed by atoms with Crippen molar-refractivity contribution in [2.45, 2.75) is 6.04 Å². The molecule has 0 bridgehead atoms. The number of halogens is 1. The van der Waals surface area contributed by atoms with Gasteiger partial charge in [-0.25, -0.2) is 4.39 Å². The Morgan fingerprint density at radius 1 is 0.842 bits per heavy atom. The average Bonchev–Trinajstić information content (AvgIpc) is 3.49. The zero-order valence-electron chi connectivity index (χ0n) is 19.9. The van der Waals surface area contributed by atoms with Crippen molar-refractivity contribution in [1.29, 1.82) is 0 Å². The summed E-state index contributed by atoms with van der Waals surface area (Å²) in [5.74, 6) is -1.51. The number of Topliss-reactive ketones (excluding diaryl/α,β-unsaturated/α-hetero) is 1. The van der Waals surface area contributed by atoms with Crippen LogP contribution in [0.25, 0.3) is 11.0 Å². The van der Waals surface area contributed by atoms with Gasteiger partial charge in [0.05, 0.1) is 11.6 Å². The molecule has 1 atom stereocenters. The van der Waals surface area contributed by atoms with Crippen molar-refractivity contribution in [2.75, 3.05) is 4.90 Å². The zero-order valence-corrected chi connectivity index (χ0v) is 19.9. The molecular formula is C31H20FNO5. The summed E-state index contributed by atoms with van der Waals surface area (Å²) in [6.07, 6.45) is 0. The second-order valence-corrected chi connectivity index (χ2v) is 8.78. The molecule has 0 spiro atoms. The third-order valence-corrected chi connectivity index (χ3v) is 6.36. The maximum Gasteiger partial charge on any atom is 0.294 e. The number of ketones is 1. The summed E-state index contributed by atoms with van der Waals surface area (Å²) >= 11 is 0. The average molecular weight is 506 g/mol. The molecule has 0 aliphatic carbocycles. The third-order valence-electron chi connectivity index (χ3n) is 6.36. The van der Waals surface area contributed by atoms with Crippen LogP contribution in [0.4, 0.5) is 10.1 Å². The highest BCUT2D eigenvalue weighted by Gasteiger charge is 2.45. The molecular weight excluding hydrogens is 485 g/mol. The number of anilines is 1. The van der Waals surface area contributed by atoms with E-state index >= 15 is 0 Å². The van der Waals surface area contributed by atoms with E-state index in [0.29, 0.717) is 33.7 Å². The lowest BCUT2D eigenvalue weighted by Gasteiger charge is -2.27. The molecule has 0 saturated carbocycles. The van der Waals surface area contributed by atoms with Crippen molar-refractivity contribution < 1.29 is 28.2 Å². The van der Waals surface area contributed by atoms with Gasteiger partial charge in [0.1, 0.15) is 22.9 Å². The van der Waals surface area contributed by atoms with E-state index in [4.69, 9.17) is 9.15 Å². The zero-order chi connectivity index (χ0) is 26.2. The predicted octanol–water partition coefficient (Wildman–Crippen LogP) is 7.15. The van der Waals surface area contributed by atoms with Gasteiger partial charge in [-0.1, -0.05) is 48.5 Å². The van der Waals surface area contributed by atoms with E-state index in [-0.39, 0.29) is 11.3 Å². The van der Waals surface area contributed by atoms with Crippen molar-refractivity contribution >= 4 is 28.3 Å². The number of benzene rings is 4. The molecule has 7 heteroatoms. The number of nitrogens with zero attached hydrogens (tertiary/aromatic N) is 1. The topological polar surface area (TPSA) is 80.0 Å². The van der Waals surface area contributed by atoms with Crippen molar-refractivity contribution in [3.63, 3.8) is 0 Å². The highest BCUT2D eigenvalue weighted by Crippen LogP contribution is 2.43. The van der Waals surface area contributed by atoms with Crippen LogP contribution in [0.2, 0.25) is 0 Å². The normalized spacial score (nSPS) is 15.3. The number of carbonyl (C=O) groups is 2. The molecule has 6 rings (SSSR count). The summed E-state index contributed by atoms with van der Waals surface area (Å²) in [6, 6.07) is 29.1. The van der Waals surface area contributed by atoms with E-state index in [1.54, 1.807) is 60.7 Å². The van der Waals surface area contributed by atoms with Gasteiger partial charge in [-0.15, -0.1) is 0 Å². The van der Waals surface area contributed by atoms with Crippen LogP contribution in [0.1, 0.15) is 22.2 Å². The number of fused-ring (bicyclic) bond motifs is 1. The van der Waals surface area contributed by atoms with Crippen LogP contribution in [0, 0.1) is 5.82 Å². The molecule has 1 aliphatic rings. The second kappa shape index (κ2) is 9.37. The minimum absolute atomic E-state index is 0.0109. The molecule has 6 nitrogen and oxygen atoms in total. The van der Waals surface area contributed by atoms with Crippen LogP contribution in [0.5, 0.6) is 11.5 Å². The van der Waals surface area contributed by atoms with Gasteiger partial charge in [0, 0.05) is 11.1 Å². The highest BCUT2D eigenvalue weighted by molar-refractivity contribution is 6.20. The Morgan fingerprint density at radius 2 is 1.55 bits per heavy atom. The molecule has 0 saturated heterocycles. The minimum Gasteiger partial charge on any atom is -0.503 e. The summed E-state index contributed by atoms with van der Waals surface area (Å²) in [5, 5.41) is 11.7. The van der Waals surface area contributed by atoms with E-state index in [1.807, 2.05) is 24.3 Å². The van der Waals surface area contributed by atoms with Gasteiger partial charge in [-0.2, -0.15) is 0 Å². The van der Waals surface area contributed by atoms with E-state index in [9.17, 15) is 19.1 Å². The van der Waals surface area contributed by atoms with Crippen LogP contribution in [0.3, 0.4) is 0 Å². The summed E-state index contributed by atoms with van der Waals surface area (Å²) in [7, 11) is 0. The minimum atomic E-state index is -1.02. The lowest BCUT2D eigenvalue weighted by Crippen LogP contribution is -2.31. The number of ether oxygens (including phenoxy) is 1. The Labute approximate surface area is 216 Å². The number of hydrogen-bond acceptors (Lipinski definition) is 5. The molecule has 38 heavy (non-hydrogen) atoms. The van der Waals surface area contributed by atoms with E-state index < -0.39 is 29.3 Å². The van der Waals surface area contributed by atoms with Gasteiger partial charge in [0.25, 0.3) is 5.91 Å². The standard InChI is InChI=1S/C31H20FNO5/c32-21-13-15-22(16-14-21)33-28(20-8-6-11-24(17-20)37-23-9-2-1-3-10-23)27(30(35)31(33)36)29(34)26-18-19-7-4-5-12-25(19)38-26/h1-18,28,35H. The predicted molar refractivity (Wildman–Crippen MR) is 140 cm³/mol. The van der Waals surface area contributed by atoms with Gasteiger partial charge in [0.15, 0.2) is 11.5 Å². The van der Waals surface area contributed by atoms with Crippen LogP contribution in [-0.2, 0) is 4.79 Å². The monoisotopic (exact) mass is 505 g/mol. The first-order valence-corrected chi connectivity index (χ1v) is 11.9. The Kier molecular flexibility index (Phi) is 5.73. The number of carbonyl (C=O) groups excluding carboxylic acids is 2. The fourth-order valence-electron chi connectivity index (χ4n) is 4.62. The van der Waals surface area contributed by atoms with Crippen LogP contribution >= 0.6 is 0 Å². The molecule has 186 valence electrons. The quantitative estimate of drug-likeness (QED) is 0.248. The molecule has 1 amide bonds. The van der Waals surface area contributed by atoms with Crippen LogP contribution < -0.4 is 9.64 Å². The number of rotatable bonds is 6. The molecule has 1 aromatic heterocycles. The number of amides is 1. The molecule has 2 heterocycles. The first-order valence-electron chi connectivity index (χ1n) is 11.9. The van der Waals surface area contributed by atoms with Crippen molar-refractivity contribution in [3.8, 4) is 11.5 Å². The van der Waals surface area contributed by atoms with E-state index in [1.165, 1.54) is 29.2 Å². The number of aliphatic hydroxyl groups excluding tert-OH is 1. The summed E-state index contributed by atoms with van der Waals surface area (Å²) in [6.45, 7) is 0. The number of hydrogen-bond donors (Lipinski definition) is 1. The Balaban J connectivity index is 1.47. The maximum absolute atomic E-state index is 13.8.